The molecule has 0 saturated carbocycles. The van der Waals surface area contributed by atoms with E-state index in [1.54, 1.807) is 54.6 Å². The van der Waals surface area contributed by atoms with Crippen LogP contribution in [0.25, 0.3) is 0 Å². The average Bonchev–Trinajstić information content (AvgIpc) is 2.99. The van der Waals surface area contributed by atoms with Gasteiger partial charge in [0.1, 0.15) is 0 Å². The molecular weight excluding hydrogens is 444 g/mol. The number of carbonyl (C=O) groups excluding carboxylic acids is 1. The number of nitrogens with one attached hydrogen (secondary N) is 1. The van der Waals surface area contributed by atoms with Crippen LogP contribution in [-0.2, 0) is 22.0 Å². The molecule has 1 unspecified atom stereocenters. The number of fused-ring (bicyclic) bond motifs is 1. The van der Waals surface area contributed by atoms with Crippen molar-refractivity contribution in [1.82, 2.24) is 5.32 Å². The standard InChI is InChI=1S/C25H25ClN2O3S/c1-17-25(2,3)21-15-18(24(29)27-16-19-9-7-8-12-22(19)26)13-14-23(21)28(17)32(30,31)20-10-5-4-6-11-20/h4-15,17H,16H2,1-3H3,(H,27,29). The van der Waals surface area contributed by atoms with Crippen molar-refractivity contribution >= 4 is 33.2 Å². The molecule has 0 fully saturated rings. The Labute approximate surface area is 194 Å². The summed E-state index contributed by atoms with van der Waals surface area (Å²) < 4.78 is 28.4. The van der Waals surface area contributed by atoms with Crippen LogP contribution in [-0.4, -0.2) is 20.4 Å². The van der Waals surface area contributed by atoms with Crippen molar-refractivity contribution in [1.29, 1.82) is 0 Å². The molecule has 1 aliphatic heterocycles. The Hall–Kier alpha value is -2.83. The molecule has 3 aromatic carbocycles. The Kier molecular flexibility index (Phi) is 5.77. The molecule has 1 aliphatic rings. The number of hydrogen-bond acceptors (Lipinski definition) is 3. The number of anilines is 1. The molecule has 1 N–H and O–H groups in total. The topological polar surface area (TPSA) is 66.5 Å². The first kappa shape index (κ1) is 22.4. The van der Waals surface area contributed by atoms with E-state index in [1.165, 1.54) is 4.31 Å². The molecule has 166 valence electrons. The molecule has 0 spiro atoms. The molecule has 0 saturated heterocycles. The Morgan fingerprint density at radius 3 is 2.38 bits per heavy atom. The van der Waals surface area contributed by atoms with Crippen LogP contribution in [0, 0.1) is 0 Å². The van der Waals surface area contributed by atoms with Crippen molar-refractivity contribution in [2.75, 3.05) is 4.31 Å². The lowest BCUT2D eigenvalue weighted by Crippen LogP contribution is -2.42. The van der Waals surface area contributed by atoms with Gasteiger partial charge in [-0.1, -0.05) is 61.8 Å². The van der Waals surface area contributed by atoms with Crippen molar-refractivity contribution in [3.63, 3.8) is 0 Å². The summed E-state index contributed by atoms with van der Waals surface area (Å²) in [6.45, 7) is 6.21. The van der Waals surface area contributed by atoms with Gasteiger partial charge in [0, 0.05) is 22.5 Å². The molecule has 1 heterocycles. The lowest BCUT2D eigenvalue weighted by Gasteiger charge is -2.30. The number of rotatable bonds is 5. The number of halogens is 1. The van der Waals surface area contributed by atoms with Crippen molar-refractivity contribution in [2.45, 2.75) is 43.7 Å². The van der Waals surface area contributed by atoms with Gasteiger partial charge in [-0.25, -0.2) is 8.42 Å². The van der Waals surface area contributed by atoms with Gasteiger partial charge >= 0.3 is 0 Å². The van der Waals surface area contributed by atoms with Crippen LogP contribution in [0.2, 0.25) is 5.02 Å². The van der Waals surface area contributed by atoms with Crippen molar-refractivity contribution in [3.05, 3.63) is 94.5 Å². The Morgan fingerprint density at radius 2 is 1.69 bits per heavy atom. The number of sulfonamides is 1. The van der Waals surface area contributed by atoms with Gasteiger partial charge < -0.3 is 5.32 Å². The van der Waals surface area contributed by atoms with E-state index in [2.05, 4.69) is 5.32 Å². The van der Waals surface area contributed by atoms with Gasteiger partial charge in [-0.15, -0.1) is 0 Å². The van der Waals surface area contributed by atoms with Gasteiger partial charge in [0.2, 0.25) is 0 Å². The highest BCUT2D eigenvalue weighted by atomic mass is 35.5. The second kappa shape index (κ2) is 8.26. The number of nitrogens with zero attached hydrogens (tertiary/aromatic N) is 1. The third-order valence-corrected chi connectivity index (χ3v) is 8.55. The molecule has 0 bridgehead atoms. The van der Waals surface area contributed by atoms with Crippen LogP contribution in [0.5, 0.6) is 0 Å². The summed E-state index contributed by atoms with van der Waals surface area (Å²) in [5.41, 5.74) is 2.27. The number of carbonyl (C=O) groups is 1. The summed E-state index contributed by atoms with van der Waals surface area (Å²) in [5.74, 6) is -0.236. The van der Waals surface area contributed by atoms with Crippen molar-refractivity contribution in [2.24, 2.45) is 0 Å². The number of hydrogen-bond donors (Lipinski definition) is 1. The van der Waals surface area contributed by atoms with Crippen LogP contribution >= 0.6 is 11.6 Å². The number of amides is 1. The fourth-order valence-electron chi connectivity index (χ4n) is 4.08. The highest BCUT2D eigenvalue weighted by molar-refractivity contribution is 7.92. The first-order valence-electron chi connectivity index (χ1n) is 10.4. The van der Waals surface area contributed by atoms with E-state index in [9.17, 15) is 13.2 Å². The van der Waals surface area contributed by atoms with Crippen LogP contribution < -0.4 is 9.62 Å². The van der Waals surface area contributed by atoms with E-state index in [4.69, 9.17) is 11.6 Å². The maximum absolute atomic E-state index is 13.4. The molecule has 0 aliphatic carbocycles. The maximum atomic E-state index is 13.4. The monoisotopic (exact) mass is 468 g/mol. The second-order valence-corrected chi connectivity index (χ2v) is 10.7. The van der Waals surface area contributed by atoms with Gasteiger partial charge in [-0.2, -0.15) is 0 Å². The van der Waals surface area contributed by atoms with Crippen LogP contribution in [0.3, 0.4) is 0 Å². The maximum Gasteiger partial charge on any atom is 0.264 e. The minimum atomic E-state index is -3.74. The van der Waals surface area contributed by atoms with Crippen molar-refractivity contribution < 1.29 is 13.2 Å². The van der Waals surface area contributed by atoms with Crippen molar-refractivity contribution in [3.8, 4) is 0 Å². The largest absolute Gasteiger partial charge is 0.348 e. The zero-order valence-electron chi connectivity index (χ0n) is 18.2. The van der Waals surface area contributed by atoms with E-state index in [0.29, 0.717) is 22.8 Å². The van der Waals surface area contributed by atoms with Gasteiger partial charge in [-0.3, -0.25) is 9.10 Å². The minimum absolute atomic E-state index is 0.236. The molecule has 32 heavy (non-hydrogen) atoms. The second-order valence-electron chi connectivity index (χ2n) is 8.52. The third kappa shape index (κ3) is 3.78. The molecule has 0 aromatic heterocycles. The number of benzene rings is 3. The van der Waals surface area contributed by atoms with Crippen LogP contribution in [0.1, 0.15) is 42.3 Å². The fourth-order valence-corrected chi connectivity index (χ4v) is 6.10. The molecule has 1 amide bonds. The summed E-state index contributed by atoms with van der Waals surface area (Å²) in [6, 6.07) is 20.7. The predicted molar refractivity (Wildman–Crippen MR) is 128 cm³/mol. The van der Waals surface area contributed by atoms with E-state index >= 15 is 0 Å². The highest BCUT2D eigenvalue weighted by Gasteiger charge is 2.47. The molecule has 0 radical (unpaired) electrons. The lowest BCUT2D eigenvalue weighted by atomic mass is 9.81. The normalized spacial score (nSPS) is 17.1. The summed E-state index contributed by atoms with van der Waals surface area (Å²) in [6.07, 6.45) is 0. The highest BCUT2D eigenvalue weighted by Crippen LogP contribution is 2.47. The zero-order chi connectivity index (χ0) is 23.1. The smallest absolute Gasteiger partial charge is 0.264 e. The lowest BCUT2D eigenvalue weighted by molar-refractivity contribution is 0.0951. The molecule has 5 nitrogen and oxygen atoms in total. The summed E-state index contributed by atoms with van der Waals surface area (Å²) >= 11 is 6.18. The van der Waals surface area contributed by atoms with Gasteiger partial charge in [0.05, 0.1) is 16.6 Å². The summed E-state index contributed by atoms with van der Waals surface area (Å²) in [7, 11) is -3.74. The minimum Gasteiger partial charge on any atom is -0.348 e. The van der Waals surface area contributed by atoms with E-state index in [-0.39, 0.29) is 16.8 Å². The Balaban J connectivity index is 1.66. The summed E-state index contributed by atoms with van der Waals surface area (Å²) in [5, 5.41) is 3.49. The first-order chi connectivity index (χ1) is 15.1. The third-order valence-electron chi connectivity index (χ3n) is 6.28. The van der Waals surface area contributed by atoms with E-state index in [0.717, 1.165) is 11.1 Å². The zero-order valence-corrected chi connectivity index (χ0v) is 19.7. The molecule has 1 atom stereocenters. The first-order valence-corrected chi connectivity index (χ1v) is 12.2. The van der Waals surface area contributed by atoms with Crippen LogP contribution in [0.15, 0.2) is 77.7 Å². The van der Waals surface area contributed by atoms with Gasteiger partial charge in [-0.05, 0) is 54.4 Å². The summed E-state index contributed by atoms with van der Waals surface area (Å²) in [4.78, 5) is 13.1. The predicted octanol–water partition coefficient (Wildman–Crippen LogP) is 5.15. The average molecular weight is 469 g/mol. The van der Waals surface area contributed by atoms with E-state index in [1.807, 2.05) is 39.0 Å². The Morgan fingerprint density at radius 1 is 1.03 bits per heavy atom. The quantitative estimate of drug-likeness (QED) is 0.563. The molecule has 3 aromatic rings. The van der Waals surface area contributed by atoms with Crippen LogP contribution in [0.4, 0.5) is 5.69 Å². The molecule has 4 rings (SSSR count). The molecule has 7 heteroatoms. The Bertz CT molecular complexity index is 1270. The SMILES string of the molecule is CC1N(S(=O)(=O)c2ccccc2)c2ccc(C(=O)NCc3ccccc3Cl)cc2C1(C)C. The van der Waals surface area contributed by atoms with E-state index < -0.39 is 15.4 Å². The molecular formula is C25H25ClN2O3S. The van der Waals surface area contributed by atoms with Gasteiger partial charge in [0.15, 0.2) is 0 Å². The fraction of sp³-hybridized carbons (Fsp3) is 0.240. The van der Waals surface area contributed by atoms with Gasteiger partial charge in [0.25, 0.3) is 15.9 Å².